The van der Waals surface area contributed by atoms with Crippen LogP contribution in [0.15, 0.2) is 40.8 Å². The van der Waals surface area contributed by atoms with Gasteiger partial charge in [0.15, 0.2) is 0 Å². The van der Waals surface area contributed by atoms with Crippen molar-refractivity contribution in [1.82, 2.24) is 0 Å². The molecule has 0 radical (unpaired) electrons. The number of aliphatic hydroxyl groups is 1. The Labute approximate surface area is 124 Å². The molecule has 3 nitrogen and oxygen atoms in total. The molecule has 1 aromatic carbocycles. The van der Waals surface area contributed by atoms with Gasteiger partial charge in [-0.25, -0.2) is 0 Å². The van der Waals surface area contributed by atoms with Gasteiger partial charge in [-0.1, -0.05) is 30.3 Å². The average Bonchev–Trinajstić information content (AvgIpc) is 2.82. The second-order valence-corrected chi connectivity index (χ2v) is 5.20. The topological polar surface area (TPSA) is 42.6 Å². The van der Waals surface area contributed by atoms with E-state index in [2.05, 4.69) is 30.2 Å². The van der Waals surface area contributed by atoms with Crippen LogP contribution in [0.3, 0.4) is 0 Å². The standard InChI is InChI=1S/C18H18O3/c19-10-5-11-20-16-8-4-9-17-15(12-16)13-18(21-17)14-6-2-1-3-7-14/h1-3,6-7,13,16,19H,4,8-10,12H2/t16-/m1/s1. The molecule has 0 bridgehead atoms. The summed E-state index contributed by atoms with van der Waals surface area (Å²) in [5.41, 5.74) is 2.31. The molecule has 0 saturated heterocycles. The number of aryl methyl sites for hydroxylation is 1. The SMILES string of the molecule is OCC#CO[C@@H]1CCCc2oc(-c3ccccc3)cc2C1. The quantitative estimate of drug-likeness (QED) is 0.679. The third-order valence-corrected chi connectivity index (χ3v) is 3.71. The second kappa shape index (κ2) is 6.51. The number of hydrogen-bond acceptors (Lipinski definition) is 3. The first kappa shape index (κ1) is 13.8. The lowest BCUT2D eigenvalue weighted by Crippen LogP contribution is -2.12. The summed E-state index contributed by atoms with van der Waals surface area (Å²) in [6.45, 7) is -0.165. The molecule has 0 unspecified atom stereocenters. The lowest BCUT2D eigenvalue weighted by Gasteiger charge is -2.10. The van der Waals surface area contributed by atoms with Crippen molar-refractivity contribution in [3.8, 4) is 23.4 Å². The van der Waals surface area contributed by atoms with Gasteiger partial charge >= 0.3 is 0 Å². The second-order valence-electron chi connectivity index (χ2n) is 5.20. The normalized spacial score (nSPS) is 17.3. The molecule has 0 aliphatic heterocycles. The van der Waals surface area contributed by atoms with Gasteiger partial charge in [0.05, 0.1) is 0 Å². The number of benzene rings is 1. The largest absolute Gasteiger partial charge is 0.461 e. The molecule has 21 heavy (non-hydrogen) atoms. The van der Waals surface area contributed by atoms with E-state index in [1.165, 1.54) is 5.56 Å². The summed E-state index contributed by atoms with van der Waals surface area (Å²) in [5.74, 6) is 4.51. The van der Waals surface area contributed by atoms with E-state index in [1.54, 1.807) is 0 Å². The van der Waals surface area contributed by atoms with E-state index in [4.69, 9.17) is 14.3 Å². The van der Waals surface area contributed by atoms with Gasteiger partial charge in [0.1, 0.15) is 30.3 Å². The van der Waals surface area contributed by atoms with Crippen molar-refractivity contribution in [2.75, 3.05) is 6.61 Å². The fourth-order valence-corrected chi connectivity index (χ4v) is 2.69. The molecule has 1 heterocycles. The summed E-state index contributed by atoms with van der Waals surface area (Å²) in [4.78, 5) is 0. The van der Waals surface area contributed by atoms with Crippen LogP contribution in [0.4, 0.5) is 0 Å². The maximum atomic E-state index is 8.67. The fraction of sp³-hybridized carbons (Fsp3) is 0.333. The molecule has 1 aliphatic carbocycles. The average molecular weight is 282 g/mol. The number of rotatable bonds is 2. The molecule has 0 amide bonds. The maximum Gasteiger partial charge on any atom is 0.134 e. The van der Waals surface area contributed by atoms with E-state index >= 15 is 0 Å². The Kier molecular flexibility index (Phi) is 4.28. The van der Waals surface area contributed by atoms with E-state index in [9.17, 15) is 0 Å². The highest BCUT2D eigenvalue weighted by atomic mass is 16.5. The van der Waals surface area contributed by atoms with Crippen LogP contribution in [0.5, 0.6) is 0 Å². The molecule has 1 atom stereocenters. The van der Waals surface area contributed by atoms with Crippen molar-refractivity contribution >= 4 is 0 Å². The number of ether oxygens (including phenoxy) is 1. The minimum atomic E-state index is -0.165. The van der Waals surface area contributed by atoms with E-state index in [0.717, 1.165) is 42.8 Å². The zero-order valence-electron chi connectivity index (χ0n) is 11.8. The van der Waals surface area contributed by atoms with Crippen LogP contribution in [-0.2, 0) is 17.6 Å². The molecule has 0 fully saturated rings. The summed E-state index contributed by atoms with van der Waals surface area (Å²) in [6, 6.07) is 12.3. The third-order valence-electron chi connectivity index (χ3n) is 3.71. The van der Waals surface area contributed by atoms with Crippen molar-refractivity contribution in [3.63, 3.8) is 0 Å². The lowest BCUT2D eigenvalue weighted by atomic mass is 10.1. The van der Waals surface area contributed by atoms with Gasteiger partial charge in [0, 0.05) is 18.4 Å². The number of hydrogen-bond donors (Lipinski definition) is 1. The highest BCUT2D eigenvalue weighted by Crippen LogP contribution is 2.30. The zero-order valence-corrected chi connectivity index (χ0v) is 11.8. The summed E-state index contributed by atoms with van der Waals surface area (Å²) >= 11 is 0. The molecule has 3 rings (SSSR count). The molecule has 1 N–H and O–H groups in total. The predicted octanol–water partition coefficient (Wildman–Crippen LogP) is 3.16. The van der Waals surface area contributed by atoms with Crippen molar-refractivity contribution < 1.29 is 14.3 Å². The number of fused-ring (bicyclic) bond motifs is 1. The molecule has 0 spiro atoms. The Morgan fingerprint density at radius 3 is 2.95 bits per heavy atom. The smallest absolute Gasteiger partial charge is 0.134 e. The summed E-state index contributed by atoms with van der Waals surface area (Å²) in [6.07, 6.45) is 6.39. The zero-order chi connectivity index (χ0) is 14.5. The van der Waals surface area contributed by atoms with Crippen LogP contribution in [0.2, 0.25) is 0 Å². The highest BCUT2D eigenvalue weighted by molar-refractivity contribution is 5.58. The Hall–Kier alpha value is -2.18. The minimum Gasteiger partial charge on any atom is -0.461 e. The van der Waals surface area contributed by atoms with E-state index in [-0.39, 0.29) is 12.7 Å². The molecule has 0 saturated carbocycles. The van der Waals surface area contributed by atoms with Crippen LogP contribution in [0, 0.1) is 12.0 Å². The van der Waals surface area contributed by atoms with E-state index < -0.39 is 0 Å². The van der Waals surface area contributed by atoms with Crippen LogP contribution < -0.4 is 0 Å². The van der Waals surface area contributed by atoms with Crippen molar-refractivity contribution in [2.45, 2.75) is 31.8 Å². The number of aliphatic hydroxyl groups excluding tert-OH is 1. The Morgan fingerprint density at radius 2 is 2.14 bits per heavy atom. The first-order chi connectivity index (χ1) is 10.4. The lowest BCUT2D eigenvalue weighted by molar-refractivity contribution is 0.156. The van der Waals surface area contributed by atoms with Crippen molar-refractivity contribution in [1.29, 1.82) is 0 Å². The van der Waals surface area contributed by atoms with E-state index in [1.807, 2.05) is 18.2 Å². The molecular weight excluding hydrogens is 264 g/mol. The van der Waals surface area contributed by atoms with E-state index in [0.29, 0.717) is 0 Å². The minimum absolute atomic E-state index is 0.0755. The fourth-order valence-electron chi connectivity index (χ4n) is 2.69. The summed E-state index contributed by atoms with van der Waals surface area (Å²) in [5, 5.41) is 8.67. The van der Waals surface area contributed by atoms with Gasteiger partial charge in [-0.2, -0.15) is 0 Å². The first-order valence-corrected chi connectivity index (χ1v) is 7.28. The number of furan rings is 1. The predicted molar refractivity (Wildman–Crippen MR) is 80.5 cm³/mol. The van der Waals surface area contributed by atoms with Crippen molar-refractivity contribution in [3.05, 3.63) is 47.7 Å². The first-order valence-electron chi connectivity index (χ1n) is 7.28. The molecule has 3 heteroatoms. The summed E-state index contributed by atoms with van der Waals surface area (Å²) < 4.78 is 11.5. The van der Waals surface area contributed by atoms with Gasteiger partial charge in [-0.05, 0) is 30.4 Å². The van der Waals surface area contributed by atoms with Crippen LogP contribution in [0.25, 0.3) is 11.3 Å². The molecule has 1 aliphatic rings. The molecule has 108 valence electrons. The van der Waals surface area contributed by atoms with Crippen LogP contribution in [-0.4, -0.2) is 17.8 Å². The third kappa shape index (κ3) is 3.29. The molecular formula is C18H18O3. The summed E-state index contributed by atoms with van der Waals surface area (Å²) in [7, 11) is 0. The van der Waals surface area contributed by atoms with Crippen LogP contribution >= 0.6 is 0 Å². The Bertz CT molecular complexity index is 646. The van der Waals surface area contributed by atoms with Gasteiger partial charge < -0.3 is 14.3 Å². The van der Waals surface area contributed by atoms with Gasteiger partial charge in [0.2, 0.25) is 0 Å². The highest BCUT2D eigenvalue weighted by Gasteiger charge is 2.21. The van der Waals surface area contributed by atoms with Crippen LogP contribution in [0.1, 0.15) is 24.2 Å². The Balaban J connectivity index is 1.79. The molecule has 1 aromatic heterocycles. The van der Waals surface area contributed by atoms with Gasteiger partial charge in [-0.15, -0.1) is 0 Å². The van der Waals surface area contributed by atoms with Crippen molar-refractivity contribution in [2.24, 2.45) is 0 Å². The van der Waals surface area contributed by atoms with Gasteiger partial charge in [-0.3, -0.25) is 0 Å². The van der Waals surface area contributed by atoms with Gasteiger partial charge in [0.25, 0.3) is 0 Å². The maximum absolute atomic E-state index is 8.67. The Morgan fingerprint density at radius 1 is 1.29 bits per heavy atom. The molecule has 2 aromatic rings. The monoisotopic (exact) mass is 282 g/mol.